The summed E-state index contributed by atoms with van der Waals surface area (Å²) in [5, 5.41) is 8.57. The summed E-state index contributed by atoms with van der Waals surface area (Å²) in [6, 6.07) is 0. The van der Waals surface area contributed by atoms with Crippen molar-refractivity contribution in [1.82, 2.24) is 0 Å². The third-order valence-corrected chi connectivity index (χ3v) is 1.26. The van der Waals surface area contributed by atoms with Gasteiger partial charge in [0.2, 0.25) is 0 Å². The van der Waals surface area contributed by atoms with E-state index in [1.807, 2.05) is 6.92 Å². The zero-order valence-electron chi connectivity index (χ0n) is 6.75. The van der Waals surface area contributed by atoms with Crippen molar-refractivity contribution in [2.45, 2.75) is 25.9 Å². The first-order valence-electron chi connectivity index (χ1n) is 3.76. The van der Waals surface area contributed by atoms with E-state index < -0.39 is 12.1 Å². The molecule has 0 aromatic rings. The third-order valence-electron chi connectivity index (χ3n) is 1.26. The highest BCUT2D eigenvalue weighted by molar-refractivity contribution is 5.72. The van der Waals surface area contributed by atoms with Crippen molar-refractivity contribution >= 4 is 5.97 Å². The van der Waals surface area contributed by atoms with Gasteiger partial charge < -0.3 is 15.6 Å². The van der Waals surface area contributed by atoms with E-state index in [9.17, 15) is 4.79 Å². The number of carbonyl (C=O) groups is 1. The smallest absolute Gasteiger partial charge is 0.332 e. The molecule has 0 spiro atoms. The fourth-order valence-corrected chi connectivity index (χ4v) is 0.751. The largest absolute Gasteiger partial charge is 0.479 e. The minimum atomic E-state index is -0.902. The third kappa shape index (κ3) is 4.75. The topological polar surface area (TPSA) is 72.5 Å². The zero-order valence-corrected chi connectivity index (χ0v) is 6.75. The summed E-state index contributed by atoms with van der Waals surface area (Å²) in [5.41, 5.74) is 5.16. The Morgan fingerprint density at radius 1 is 1.73 bits per heavy atom. The van der Waals surface area contributed by atoms with Crippen molar-refractivity contribution in [2.75, 3.05) is 13.2 Å². The monoisotopic (exact) mass is 161 g/mol. The molecule has 0 bridgehead atoms. The second-order valence-corrected chi connectivity index (χ2v) is 2.28. The molecule has 0 aromatic carbocycles. The van der Waals surface area contributed by atoms with Crippen LogP contribution in [-0.2, 0) is 9.53 Å². The van der Waals surface area contributed by atoms with E-state index in [1.54, 1.807) is 0 Å². The molecule has 0 aliphatic carbocycles. The van der Waals surface area contributed by atoms with Crippen molar-refractivity contribution in [1.29, 1.82) is 0 Å². The molecule has 1 atom stereocenters. The van der Waals surface area contributed by atoms with Crippen LogP contribution in [0.5, 0.6) is 0 Å². The highest BCUT2D eigenvalue weighted by Gasteiger charge is 2.15. The fourth-order valence-electron chi connectivity index (χ4n) is 0.751. The van der Waals surface area contributed by atoms with Crippen LogP contribution in [0, 0.1) is 0 Å². The van der Waals surface area contributed by atoms with Gasteiger partial charge in [0.05, 0.1) is 6.61 Å². The van der Waals surface area contributed by atoms with Crippen LogP contribution in [0.4, 0.5) is 0 Å². The second kappa shape index (κ2) is 6.12. The summed E-state index contributed by atoms with van der Waals surface area (Å²) in [5.74, 6) is -0.902. The van der Waals surface area contributed by atoms with Crippen LogP contribution in [0.25, 0.3) is 0 Å². The van der Waals surface area contributed by atoms with E-state index in [1.165, 1.54) is 0 Å². The first kappa shape index (κ1) is 10.4. The number of hydrogen-bond donors (Lipinski definition) is 2. The number of aliphatic carboxylic acids is 1. The van der Waals surface area contributed by atoms with Crippen LogP contribution in [0.3, 0.4) is 0 Å². The molecule has 0 saturated carbocycles. The van der Waals surface area contributed by atoms with E-state index >= 15 is 0 Å². The molecule has 0 saturated heterocycles. The van der Waals surface area contributed by atoms with Crippen LogP contribution in [-0.4, -0.2) is 30.3 Å². The Morgan fingerprint density at radius 2 is 2.36 bits per heavy atom. The van der Waals surface area contributed by atoms with E-state index in [0.29, 0.717) is 19.6 Å². The molecule has 66 valence electrons. The summed E-state index contributed by atoms with van der Waals surface area (Å²) in [7, 11) is 0. The minimum absolute atomic E-state index is 0.316. The molecule has 3 N–H and O–H groups in total. The van der Waals surface area contributed by atoms with Gasteiger partial charge in [-0.2, -0.15) is 0 Å². The average Bonchev–Trinajstić information content (AvgIpc) is 1.97. The average molecular weight is 161 g/mol. The molecule has 0 aliphatic rings. The summed E-state index contributed by atoms with van der Waals surface area (Å²) in [6.45, 7) is 2.60. The Morgan fingerprint density at radius 3 is 2.73 bits per heavy atom. The van der Waals surface area contributed by atoms with Crippen LogP contribution in [0.2, 0.25) is 0 Å². The Kier molecular flexibility index (Phi) is 5.78. The van der Waals surface area contributed by atoms with Crippen LogP contribution in [0.1, 0.15) is 19.8 Å². The van der Waals surface area contributed by atoms with Gasteiger partial charge in [-0.3, -0.25) is 0 Å². The maximum atomic E-state index is 10.4. The first-order chi connectivity index (χ1) is 5.22. The molecule has 0 heterocycles. The van der Waals surface area contributed by atoms with E-state index in [0.717, 1.165) is 6.42 Å². The highest BCUT2D eigenvalue weighted by atomic mass is 16.5. The summed E-state index contributed by atoms with van der Waals surface area (Å²) in [4.78, 5) is 10.4. The van der Waals surface area contributed by atoms with Gasteiger partial charge in [0.25, 0.3) is 0 Å². The lowest BCUT2D eigenvalue weighted by atomic mass is 10.2. The van der Waals surface area contributed by atoms with Gasteiger partial charge in [-0.05, 0) is 6.42 Å². The van der Waals surface area contributed by atoms with E-state index in [-0.39, 0.29) is 0 Å². The lowest BCUT2D eigenvalue weighted by Gasteiger charge is -2.10. The number of ether oxygens (including phenoxy) is 1. The highest BCUT2D eigenvalue weighted by Crippen LogP contribution is 2.01. The Balaban J connectivity index is 3.60. The SMILES string of the molecule is CCCC(OCCN)C(=O)O. The van der Waals surface area contributed by atoms with Crippen LogP contribution in [0.15, 0.2) is 0 Å². The van der Waals surface area contributed by atoms with Gasteiger partial charge in [-0.15, -0.1) is 0 Å². The molecule has 0 amide bonds. The minimum Gasteiger partial charge on any atom is -0.479 e. The van der Waals surface area contributed by atoms with Gasteiger partial charge in [-0.25, -0.2) is 4.79 Å². The molecule has 4 heteroatoms. The van der Waals surface area contributed by atoms with Crippen LogP contribution >= 0.6 is 0 Å². The molecule has 1 unspecified atom stereocenters. The predicted octanol–water partition coefficient (Wildman–Crippen LogP) is 0.215. The normalized spacial score (nSPS) is 12.9. The van der Waals surface area contributed by atoms with Gasteiger partial charge in [-0.1, -0.05) is 13.3 Å². The molecule has 0 aromatic heterocycles. The number of carboxylic acid groups (broad SMARTS) is 1. The first-order valence-corrected chi connectivity index (χ1v) is 3.76. The second-order valence-electron chi connectivity index (χ2n) is 2.28. The Hall–Kier alpha value is -0.610. The van der Waals surface area contributed by atoms with Gasteiger partial charge >= 0.3 is 5.97 Å². The van der Waals surface area contributed by atoms with Gasteiger partial charge in [0, 0.05) is 6.54 Å². The van der Waals surface area contributed by atoms with Crippen molar-refractivity contribution in [2.24, 2.45) is 5.73 Å². The Labute approximate surface area is 66.3 Å². The lowest BCUT2D eigenvalue weighted by Crippen LogP contribution is -2.26. The van der Waals surface area contributed by atoms with E-state index in [4.69, 9.17) is 15.6 Å². The fraction of sp³-hybridized carbons (Fsp3) is 0.857. The lowest BCUT2D eigenvalue weighted by molar-refractivity contribution is -0.150. The number of carboxylic acids is 1. The zero-order chi connectivity index (χ0) is 8.69. The molecule has 0 aliphatic heterocycles. The maximum Gasteiger partial charge on any atom is 0.332 e. The molecule has 0 fully saturated rings. The molecular weight excluding hydrogens is 146 g/mol. The number of nitrogens with two attached hydrogens (primary N) is 1. The molecular formula is C7H15NO3. The van der Waals surface area contributed by atoms with E-state index in [2.05, 4.69) is 0 Å². The van der Waals surface area contributed by atoms with Gasteiger partial charge in [0.1, 0.15) is 0 Å². The summed E-state index contributed by atoms with van der Waals surface area (Å²) >= 11 is 0. The molecule has 0 radical (unpaired) electrons. The summed E-state index contributed by atoms with van der Waals surface area (Å²) in [6.07, 6.45) is 0.681. The molecule has 11 heavy (non-hydrogen) atoms. The Bertz CT molecular complexity index is 116. The predicted molar refractivity (Wildman–Crippen MR) is 41.3 cm³/mol. The van der Waals surface area contributed by atoms with Gasteiger partial charge in [0.15, 0.2) is 6.10 Å². The number of rotatable bonds is 6. The van der Waals surface area contributed by atoms with Crippen LogP contribution < -0.4 is 5.73 Å². The quantitative estimate of drug-likeness (QED) is 0.584. The molecule has 0 rings (SSSR count). The summed E-state index contributed by atoms with van der Waals surface area (Å²) < 4.78 is 4.97. The van der Waals surface area contributed by atoms with Crippen molar-refractivity contribution in [3.8, 4) is 0 Å². The van der Waals surface area contributed by atoms with Crippen molar-refractivity contribution in [3.63, 3.8) is 0 Å². The number of hydrogen-bond acceptors (Lipinski definition) is 3. The standard InChI is InChI=1S/C7H15NO3/c1-2-3-6(7(9)10)11-5-4-8/h6H,2-5,8H2,1H3,(H,9,10). The van der Waals surface area contributed by atoms with Crippen molar-refractivity contribution < 1.29 is 14.6 Å². The van der Waals surface area contributed by atoms with Crippen molar-refractivity contribution in [3.05, 3.63) is 0 Å². The molecule has 4 nitrogen and oxygen atoms in total. The maximum absolute atomic E-state index is 10.4.